The van der Waals surface area contributed by atoms with Gasteiger partial charge >= 0.3 is 0 Å². The van der Waals surface area contributed by atoms with Gasteiger partial charge in [0.1, 0.15) is 0 Å². The molecule has 0 saturated heterocycles. The summed E-state index contributed by atoms with van der Waals surface area (Å²) in [5.74, 6) is -0.328. The van der Waals surface area contributed by atoms with Crippen LogP contribution in [0.4, 0.5) is 0 Å². The zero-order valence-electron chi connectivity index (χ0n) is 12.4. The van der Waals surface area contributed by atoms with E-state index in [1.54, 1.807) is 36.4 Å². The molecule has 1 aromatic heterocycles. The Hall–Kier alpha value is -2.66. The number of hydrogen-bond donors (Lipinski definition) is 1. The Morgan fingerprint density at radius 1 is 1.22 bits per heavy atom. The molecule has 0 bridgehead atoms. The van der Waals surface area contributed by atoms with Crippen molar-refractivity contribution in [3.63, 3.8) is 0 Å². The van der Waals surface area contributed by atoms with Crippen molar-refractivity contribution < 1.29 is 4.79 Å². The summed E-state index contributed by atoms with van der Waals surface area (Å²) in [5, 5.41) is 3.85. The summed E-state index contributed by atoms with van der Waals surface area (Å²) >= 11 is 5.92. The molecule has 5 nitrogen and oxygen atoms in total. The molecule has 23 heavy (non-hydrogen) atoms. The number of rotatable bonds is 3. The van der Waals surface area contributed by atoms with Gasteiger partial charge in [0.2, 0.25) is 5.82 Å². The highest BCUT2D eigenvalue weighted by atomic mass is 35.5. The number of hydrogen-bond acceptors (Lipinski definition) is 3. The Balaban J connectivity index is 1.89. The Morgan fingerprint density at radius 2 is 2.00 bits per heavy atom. The molecule has 3 rings (SSSR count). The van der Waals surface area contributed by atoms with Crippen LogP contribution in [0.5, 0.6) is 0 Å². The minimum absolute atomic E-state index is 0.0794. The molecular weight excluding hydrogens is 314 g/mol. The summed E-state index contributed by atoms with van der Waals surface area (Å²) in [4.78, 5) is 28.9. The van der Waals surface area contributed by atoms with E-state index in [4.69, 9.17) is 11.6 Å². The average Bonchev–Trinajstić information content (AvgIpc) is 2.56. The van der Waals surface area contributed by atoms with Crippen LogP contribution < -0.4 is 10.9 Å². The molecule has 0 aliphatic carbocycles. The standard InChI is InChI=1S/C17H14ClN3O2/c1-21-15(20-14-8-3-2-7-13(14)17(21)23)16(22)19-10-11-5-4-6-12(18)9-11/h2-9H,10H2,1H3,(H,19,22). The van der Waals surface area contributed by atoms with Gasteiger partial charge in [0.05, 0.1) is 10.9 Å². The van der Waals surface area contributed by atoms with Gasteiger partial charge in [-0.2, -0.15) is 0 Å². The lowest BCUT2D eigenvalue weighted by atomic mass is 10.2. The molecule has 6 heteroatoms. The zero-order chi connectivity index (χ0) is 16.4. The Morgan fingerprint density at radius 3 is 2.78 bits per heavy atom. The van der Waals surface area contributed by atoms with Crippen molar-refractivity contribution in [2.24, 2.45) is 7.05 Å². The SMILES string of the molecule is Cn1c(C(=O)NCc2cccc(Cl)c2)nc2ccccc2c1=O. The maximum atomic E-state index is 12.4. The topological polar surface area (TPSA) is 64.0 Å². The van der Waals surface area contributed by atoms with Gasteiger partial charge in [0, 0.05) is 18.6 Å². The molecular formula is C17H14ClN3O2. The first kappa shape index (κ1) is 15.2. The van der Waals surface area contributed by atoms with Crippen molar-refractivity contribution in [3.8, 4) is 0 Å². The number of nitrogens with one attached hydrogen (secondary N) is 1. The van der Waals surface area contributed by atoms with Gasteiger partial charge in [-0.15, -0.1) is 0 Å². The number of para-hydroxylation sites is 1. The predicted molar refractivity (Wildman–Crippen MR) is 89.6 cm³/mol. The molecule has 1 heterocycles. The molecule has 0 radical (unpaired) electrons. The molecule has 1 N–H and O–H groups in total. The van der Waals surface area contributed by atoms with Gasteiger partial charge in [-0.25, -0.2) is 4.98 Å². The van der Waals surface area contributed by atoms with Crippen molar-refractivity contribution >= 4 is 28.4 Å². The van der Waals surface area contributed by atoms with Gasteiger partial charge in [0.25, 0.3) is 11.5 Å². The molecule has 2 aromatic carbocycles. The molecule has 0 saturated carbocycles. The van der Waals surface area contributed by atoms with Gasteiger partial charge in [0.15, 0.2) is 0 Å². The Labute approximate surface area is 137 Å². The van der Waals surface area contributed by atoms with E-state index in [9.17, 15) is 9.59 Å². The fourth-order valence-electron chi connectivity index (χ4n) is 2.33. The Kier molecular flexibility index (Phi) is 4.12. The number of fused-ring (bicyclic) bond motifs is 1. The van der Waals surface area contributed by atoms with Gasteiger partial charge in [-0.3, -0.25) is 14.2 Å². The number of carbonyl (C=O) groups is 1. The second kappa shape index (κ2) is 6.22. The monoisotopic (exact) mass is 327 g/mol. The largest absolute Gasteiger partial charge is 0.345 e. The molecule has 0 aliphatic rings. The van der Waals surface area contributed by atoms with Crippen molar-refractivity contribution in [1.82, 2.24) is 14.9 Å². The number of benzene rings is 2. The normalized spacial score (nSPS) is 10.7. The van der Waals surface area contributed by atoms with Crippen molar-refractivity contribution in [2.45, 2.75) is 6.54 Å². The van der Waals surface area contributed by atoms with Crippen LogP contribution in [0.25, 0.3) is 10.9 Å². The van der Waals surface area contributed by atoms with Gasteiger partial charge < -0.3 is 5.32 Å². The van der Waals surface area contributed by atoms with Gasteiger partial charge in [-0.05, 0) is 29.8 Å². The molecule has 1 amide bonds. The predicted octanol–water partition coefficient (Wildman–Crippen LogP) is 2.52. The van der Waals surface area contributed by atoms with Crippen LogP contribution in [0.2, 0.25) is 5.02 Å². The Bertz CT molecular complexity index is 950. The average molecular weight is 328 g/mol. The maximum Gasteiger partial charge on any atom is 0.287 e. The minimum Gasteiger partial charge on any atom is -0.345 e. The van der Waals surface area contributed by atoms with Crippen molar-refractivity contribution in [3.05, 3.63) is 75.3 Å². The van der Waals surface area contributed by atoms with Crippen LogP contribution in [0.1, 0.15) is 16.2 Å². The van der Waals surface area contributed by atoms with Crippen molar-refractivity contribution in [2.75, 3.05) is 0 Å². The molecule has 3 aromatic rings. The third kappa shape index (κ3) is 3.10. The minimum atomic E-state index is -0.407. The van der Waals surface area contributed by atoms with Crippen LogP contribution in [0.3, 0.4) is 0 Å². The third-order valence-corrected chi connectivity index (χ3v) is 3.76. The molecule has 0 aliphatic heterocycles. The first-order valence-electron chi connectivity index (χ1n) is 7.04. The summed E-state index contributed by atoms with van der Waals surface area (Å²) in [7, 11) is 1.54. The second-order valence-electron chi connectivity index (χ2n) is 5.13. The first-order valence-corrected chi connectivity index (χ1v) is 7.42. The van der Waals surface area contributed by atoms with Crippen LogP contribution in [0.15, 0.2) is 53.3 Å². The van der Waals surface area contributed by atoms with E-state index < -0.39 is 5.91 Å². The van der Waals surface area contributed by atoms with E-state index in [0.29, 0.717) is 22.5 Å². The fraction of sp³-hybridized carbons (Fsp3) is 0.118. The van der Waals surface area contributed by atoms with Crippen LogP contribution in [0, 0.1) is 0 Å². The maximum absolute atomic E-state index is 12.4. The zero-order valence-corrected chi connectivity index (χ0v) is 13.2. The van der Waals surface area contributed by atoms with Crippen LogP contribution in [-0.2, 0) is 13.6 Å². The van der Waals surface area contributed by atoms with E-state index >= 15 is 0 Å². The van der Waals surface area contributed by atoms with E-state index in [2.05, 4.69) is 10.3 Å². The lowest BCUT2D eigenvalue weighted by molar-refractivity contribution is 0.0936. The number of halogens is 1. The van der Waals surface area contributed by atoms with Crippen LogP contribution >= 0.6 is 11.6 Å². The lowest BCUT2D eigenvalue weighted by Crippen LogP contribution is -2.32. The summed E-state index contributed by atoms with van der Waals surface area (Å²) in [6, 6.07) is 14.2. The van der Waals surface area contributed by atoms with E-state index in [1.807, 2.05) is 12.1 Å². The summed E-state index contributed by atoms with van der Waals surface area (Å²) in [6.07, 6.45) is 0. The number of nitrogens with zero attached hydrogens (tertiary/aromatic N) is 2. The first-order chi connectivity index (χ1) is 11.1. The van der Waals surface area contributed by atoms with E-state index in [0.717, 1.165) is 5.56 Å². The third-order valence-electron chi connectivity index (χ3n) is 3.53. The molecule has 0 spiro atoms. The second-order valence-corrected chi connectivity index (χ2v) is 5.57. The molecule has 0 fully saturated rings. The fourth-order valence-corrected chi connectivity index (χ4v) is 2.54. The smallest absolute Gasteiger partial charge is 0.287 e. The molecule has 0 unspecified atom stereocenters. The lowest BCUT2D eigenvalue weighted by Gasteiger charge is -2.10. The summed E-state index contributed by atoms with van der Waals surface area (Å²) in [6.45, 7) is 0.308. The number of aromatic nitrogens is 2. The van der Waals surface area contributed by atoms with Crippen molar-refractivity contribution in [1.29, 1.82) is 0 Å². The number of amides is 1. The quantitative estimate of drug-likeness (QED) is 0.804. The van der Waals surface area contributed by atoms with Crippen LogP contribution in [-0.4, -0.2) is 15.5 Å². The molecule has 0 atom stereocenters. The highest BCUT2D eigenvalue weighted by molar-refractivity contribution is 6.30. The number of carbonyl (C=O) groups excluding carboxylic acids is 1. The highest BCUT2D eigenvalue weighted by Crippen LogP contribution is 2.11. The molecule has 116 valence electrons. The van der Waals surface area contributed by atoms with E-state index in [1.165, 1.54) is 11.6 Å². The highest BCUT2D eigenvalue weighted by Gasteiger charge is 2.14. The summed E-state index contributed by atoms with van der Waals surface area (Å²) < 4.78 is 1.26. The van der Waals surface area contributed by atoms with Gasteiger partial charge in [-0.1, -0.05) is 35.9 Å². The van der Waals surface area contributed by atoms with E-state index in [-0.39, 0.29) is 11.4 Å². The summed E-state index contributed by atoms with van der Waals surface area (Å²) in [5.41, 5.74) is 1.13.